The summed E-state index contributed by atoms with van der Waals surface area (Å²) in [7, 11) is 0. The van der Waals surface area contributed by atoms with E-state index in [-0.39, 0.29) is 0 Å². The van der Waals surface area contributed by atoms with Crippen molar-refractivity contribution in [3.63, 3.8) is 0 Å². The second kappa shape index (κ2) is 5.08. The molecule has 20 heavy (non-hydrogen) atoms. The van der Waals surface area contributed by atoms with Crippen LogP contribution in [0.1, 0.15) is 20.6 Å². The second-order valence-electron chi connectivity index (χ2n) is 5.06. The first-order valence-electron chi connectivity index (χ1n) is 6.71. The summed E-state index contributed by atoms with van der Waals surface area (Å²) in [5.74, 6) is 1.07. The molecule has 98 valence electrons. The van der Waals surface area contributed by atoms with Crippen LogP contribution in [0.15, 0.2) is 65.6 Å². The van der Waals surface area contributed by atoms with Crippen LogP contribution in [0.2, 0.25) is 0 Å². The Labute approximate surface area is 136 Å². The molecule has 0 N–H and O–H groups in total. The van der Waals surface area contributed by atoms with Gasteiger partial charge >= 0.3 is 0 Å². The molecular weight excluding hydrogens is 375 g/mol. The highest BCUT2D eigenvalue weighted by Crippen LogP contribution is 2.46. The highest BCUT2D eigenvalue weighted by Gasteiger charge is 2.22. The molecule has 2 heteroatoms. The Morgan fingerprint density at radius 1 is 0.850 bits per heavy atom. The third kappa shape index (κ3) is 1.97. The van der Waals surface area contributed by atoms with Crippen LogP contribution in [-0.4, -0.2) is 0 Å². The van der Waals surface area contributed by atoms with Crippen molar-refractivity contribution >= 4 is 45.1 Å². The van der Waals surface area contributed by atoms with Crippen molar-refractivity contribution in [3.8, 4) is 0 Å². The molecule has 0 amide bonds. The van der Waals surface area contributed by atoms with Gasteiger partial charge in [-0.2, -0.15) is 0 Å². The zero-order valence-electron chi connectivity index (χ0n) is 10.8. The van der Waals surface area contributed by atoms with Gasteiger partial charge < -0.3 is 0 Å². The highest BCUT2D eigenvalue weighted by molar-refractivity contribution is 14.1. The fourth-order valence-corrected chi connectivity index (χ4v) is 5.45. The van der Waals surface area contributed by atoms with E-state index in [0.29, 0.717) is 3.92 Å². The summed E-state index contributed by atoms with van der Waals surface area (Å²) < 4.78 is 0.443. The number of thioether (sulfide) groups is 1. The molecule has 4 rings (SSSR count). The predicted octanol–water partition coefficient (Wildman–Crippen LogP) is 5.97. The van der Waals surface area contributed by atoms with Gasteiger partial charge in [0, 0.05) is 10.6 Å². The Balaban J connectivity index is 1.99. The van der Waals surface area contributed by atoms with Crippen LogP contribution in [0.25, 0.3) is 10.8 Å². The van der Waals surface area contributed by atoms with Gasteiger partial charge in [-0.3, -0.25) is 0 Å². The minimum atomic E-state index is 0.443. The van der Waals surface area contributed by atoms with Gasteiger partial charge in [-0.1, -0.05) is 83.3 Å². The first kappa shape index (κ1) is 12.7. The number of fused-ring (bicyclic) bond motifs is 4. The monoisotopic (exact) mass is 388 g/mol. The molecule has 1 aliphatic heterocycles. The van der Waals surface area contributed by atoms with Gasteiger partial charge in [0.1, 0.15) is 0 Å². The van der Waals surface area contributed by atoms with E-state index in [1.807, 2.05) is 11.8 Å². The van der Waals surface area contributed by atoms with E-state index in [1.54, 1.807) is 0 Å². The second-order valence-corrected chi connectivity index (χ2v) is 7.29. The van der Waals surface area contributed by atoms with Crippen molar-refractivity contribution in [2.75, 3.05) is 0 Å². The molecule has 0 saturated heterocycles. The average Bonchev–Trinajstić information content (AvgIpc) is 2.65. The zero-order chi connectivity index (χ0) is 13.5. The molecule has 1 atom stereocenters. The standard InChI is InChI=1S/C18H13IS/c19-17-14-7-3-2-6-13(14)11-20-18-15-8-4-1-5-12(15)9-10-16(17)18/h1-10,17H,11H2. The van der Waals surface area contributed by atoms with Crippen molar-refractivity contribution in [1.29, 1.82) is 0 Å². The van der Waals surface area contributed by atoms with Crippen LogP contribution < -0.4 is 0 Å². The van der Waals surface area contributed by atoms with Crippen LogP contribution in [-0.2, 0) is 5.75 Å². The van der Waals surface area contributed by atoms with Gasteiger partial charge in [0.2, 0.25) is 0 Å². The molecule has 3 aromatic rings. The molecule has 0 saturated carbocycles. The molecule has 0 spiro atoms. The van der Waals surface area contributed by atoms with Crippen molar-refractivity contribution in [2.24, 2.45) is 0 Å². The van der Waals surface area contributed by atoms with E-state index in [0.717, 1.165) is 5.75 Å². The smallest absolute Gasteiger partial charge is 0.0622 e. The molecule has 1 heterocycles. The number of rotatable bonds is 0. The summed E-state index contributed by atoms with van der Waals surface area (Å²) in [6.45, 7) is 0. The molecule has 0 bridgehead atoms. The lowest BCUT2D eigenvalue weighted by Crippen LogP contribution is -1.95. The van der Waals surface area contributed by atoms with Crippen LogP contribution in [0.3, 0.4) is 0 Å². The number of halogens is 1. The number of hydrogen-bond donors (Lipinski definition) is 0. The Bertz CT molecular complexity index is 794. The Kier molecular flexibility index (Phi) is 3.23. The summed E-state index contributed by atoms with van der Waals surface area (Å²) in [4.78, 5) is 1.46. The van der Waals surface area contributed by atoms with Gasteiger partial charge in [0.05, 0.1) is 3.92 Å². The molecule has 0 fully saturated rings. The van der Waals surface area contributed by atoms with E-state index < -0.39 is 0 Å². The molecule has 0 radical (unpaired) electrons. The minimum absolute atomic E-state index is 0.443. The first-order valence-corrected chi connectivity index (χ1v) is 8.94. The lowest BCUT2D eigenvalue weighted by atomic mass is 9.98. The van der Waals surface area contributed by atoms with E-state index in [4.69, 9.17) is 0 Å². The fourth-order valence-electron chi connectivity index (χ4n) is 2.85. The maximum atomic E-state index is 2.58. The van der Waals surface area contributed by atoms with Gasteiger partial charge in [-0.05, 0) is 27.5 Å². The predicted molar refractivity (Wildman–Crippen MR) is 95.8 cm³/mol. The maximum absolute atomic E-state index is 2.58. The largest absolute Gasteiger partial charge is 0.120 e. The van der Waals surface area contributed by atoms with Crippen LogP contribution in [0.5, 0.6) is 0 Å². The molecule has 0 aliphatic carbocycles. The summed E-state index contributed by atoms with van der Waals surface area (Å²) in [5, 5.41) is 2.73. The Hall–Kier alpha value is -1.00. The van der Waals surface area contributed by atoms with E-state index in [9.17, 15) is 0 Å². The van der Waals surface area contributed by atoms with Gasteiger partial charge in [-0.25, -0.2) is 0 Å². The molecule has 3 aromatic carbocycles. The van der Waals surface area contributed by atoms with Crippen molar-refractivity contribution < 1.29 is 0 Å². The molecule has 1 aliphatic rings. The summed E-state index contributed by atoms with van der Waals surface area (Å²) in [6.07, 6.45) is 0. The van der Waals surface area contributed by atoms with Crippen molar-refractivity contribution in [1.82, 2.24) is 0 Å². The summed E-state index contributed by atoms with van der Waals surface area (Å²) in [5.41, 5.74) is 4.39. The Morgan fingerprint density at radius 3 is 2.60 bits per heavy atom. The number of alkyl halides is 1. The van der Waals surface area contributed by atoms with E-state index >= 15 is 0 Å². The quantitative estimate of drug-likeness (QED) is 0.338. The van der Waals surface area contributed by atoms with E-state index in [2.05, 4.69) is 83.3 Å². The average molecular weight is 388 g/mol. The van der Waals surface area contributed by atoms with Gasteiger partial charge in [0.15, 0.2) is 0 Å². The topological polar surface area (TPSA) is 0 Å². The highest BCUT2D eigenvalue weighted by atomic mass is 127. The third-order valence-corrected chi connectivity index (χ3v) is 6.42. The molecule has 0 nitrogen and oxygen atoms in total. The van der Waals surface area contributed by atoms with Crippen LogP contribution >= 0.6 is 34.4 Å². The van der Waals surface area contributed by atoms with Gasteiger partial charge in [-0.15, -0.1) is 11.8 Å². The first-order chi connectivity index (χ1) is 9.84. The van der Waals surface area contributed by atoms with Gasteiger partial charge in [0.25, 0.3) is 0 Å². The van der Waals surface area contributed by atoms with Crippen LogP contribution in [0.4, 0.5) is 0 Å². The fraction of sp³-hybridized carbons (Fsp3) is 0.111. The minimum Gasteiger partial charge on any atom is -0.120 e. The molecular formula is C18H13IS. The van der Waals surface area contributed by atoms with Crippen molar-refractivity contribution in [2.45, 2.75) is 14.6 Å². The van der Waals surface area contributed by atoms with Crippen molar-refractivity contribution in [3.05, 3.63) is 77.4 Å². The van der Waals surface area contributed by atoms with E-state index in [1.165, 1.54) is 32.4 Å². The molecule has 0 aromatic heterocycles. The normalized spacial score (nSPS) is 17.4. The SMILES string of the molecule is IC1c2ccccc2CSc2c1ccc1ccccc21. The summed E-state index contributed by atoms with van der Waals surface area (Å²) in [6, 6.07) is 22.1. The summed E-state index contributed by atoms with van der Waals surface area (Å²) >= 11 is 4.56. The lowest BCUT2D eigenvalue weighted by molar-refractivity contribution is 1.14. The maximum Gasteiger partial charge on any atom is 0.0622 e. The van der Waals surface area contributed by atoms with Crippen LogP contribution in [0, 0.1) is 0 Å². The number of hydrogen-bond acceptors (Lipinski definition) is 1. The number of benzene rings is 3. The Morgan fingerprint density at radius 2 is 1.65 bits per heavy atom. The lowest BCUT2D eigenvalue weighted by Gasteiger charge is -2.14. The molecule has 1 unspecified atom stereocenters. The third-order valence-electron chi connectivity index (χ3n) is 3.88. The zero-order valence-corrected chi connectivity index (χ0v) is 13.8.